The zero-order valence-electron chi connectivity index (χ0n) is 17.4. The molecule has 1 aliphatic rings. The Morgan fingerprint density at radius 1 is 1.03 bits per heavy atom. The summed E-state index contributed by atoms with van der Waals surface area (Å²) in [6, 6.07) is 10.2. The number of piperidine rings is 1. The van der Waals surface area contributed by atoms with Gasteiger partial charge in [0.2, 0.25) is 5.91 Å². The van der Waals surface area contributed by atoms with Gasteiger partial charge in [-0.05, 0) is 56.9 Å². The Kier molecular flexibility index (Phi) is 6.17. The molecule has 30 heavy (non-hydrogen) atoms. The van der Waals surface area contributed by atoms with Crippen LogP contribution in [0.15, 0.2) is 41.3 Å². The van der Waals surface area contributed by atoms with E-state index >= 15 is 0 Å². The predicted octanol–water partition coefficient (Wildman–Crippen LogP) is 2.75. The SMILES string of the molecule is Cc1cc(C)c(S(=O)(=O)Nc2ccccc2C(=O)N2CCC(C(N)=O)CC2)c(C)c1. The lowest BCUT2D eigenvalue weighted by atomic mass is 9.96. The van der Waals surface area contributed by atoms with E-state index in [0.717, 1.165) is 5.56 Å². The van der Waals surface area contributed by atoms with E-state index in [4.69, 9.17) is 5.73 Å². The Morgan fingerprint density at radius 2 is 1.60 bits per heavy atom. The van der Waals surface area contributed by atoms with Crippen LogP contribution in [0.5, 0.6) is 0 Å². The highest BCUT2D eigenvalue weighted by atomic mass is 32.2. The topological polar surface area (TPSA) is 110 Å². The lowest BCUT2D eigenvalue weighted by molar-refractivity contribution is -0.123. The smallest absolute Gasteiger partial charge is 0.262 e. The highest BCUT2D eigenvalue weighted by Gasteiger charge is 2.28. The van der Waals surface area contributed by atoms with Crippen LogP contribution in [0.4, 0.5) is 5.69 Å². The lowest BCUT2D eigenvalue weighted by Crippen LogP contribution is -2.42. The van der Waals surface area contributed by atoms with Crippen molar-refractivity contribution in [1.29, 1.82) is 0 Å². The van der Waals surface area contributed by atoms with Gasteiger partial charge in [0, 0.05) is 19.0 Å². The number of carbonyl (C=O) groups is 2. The van der Waals surface area contributed by atoms with Crippen molar-refractivity contribution in [2.75, 3.05) is 17.8 Å². The first kappa shape index (κ1) is 21.8. The number of carbonyl (C=O) groups excluding carboxylic acids is 2. The minimum absolute atomic E-state index is 0.220. The largest absolute Gasteiger partial charge is 0.369 e. The standard InChI is InChI=1S/C22H27N3O4S/c1-14-12-15(2)20(16(3)13-14)30(28,29)24-19-7-5-4-6-18(19)22(27)25-10-8-17(9-11-25)21(23)26/h4-7,12-13,17,24H,8-11H2,1-3H3,(H2,23,26). The van der Waals surface area contributed by atoms with Gasteiger partial charge in [-0.25, -0.2) is 8.42 Å². The van der Waals surface area contributed by atoms with Crippen LogP contribution in [0, 0.1) is 26.7 Å². The van der Waals surface area contributed by atoms with Crippen LogP contribution in [0.1, 0.15) is 39.9 Å². The molecule has 0 unspecified atom stereocenters. The second-order valence-corrected chi connectivity index (χ2v) is 9.47. The molecule has 1 saturated heterocycles. The summed E-state index contributed by atoms with van der Waals surface area (Å²) in [4.78, 5) is 26.3. The summed E-state index contributed by atoms with van der Waals surface area (Å²) in [5.41, 5.74) is 8.16. The maximum Gasteiger partial charge on any atom is 0.262 e. The Hall–Kier alpha value is -2.87. The second kappa shape index (κ2) is 8.47. The monoisotopic (exact) mass is 429 g/mol. The number of likely N-dealkylation sites (tertiary alicyclic amines) is 1. The summed E-state index contributed by atoms with van der Waals surface area (Å²) in [7, 11) is -3.88. The second-order valence-electron chi connectivity index (χ2n) is 7.85. The molecule has 0 radical (unpaired) electrons. The van der Waals surface area contributed by atoms with Gasteiger partial charge in [0.25, 0.3) is 15.9 Å². The fraction of sp³-hybridized carbons (Fsp3) is 0.364. The number of nitrogens with two attached hydrogens (primary N) is 1. The number of nitrogens with one attached hydrogen (secondary N) is 1. The van der Waals surface area contributed by atoms with E-state index < -0.39 is 10.0 Å². The maximum atomic E-state index is 13.1. The van der Waals surface area contributed by atoms with Crippen LogP contribution in [0.25, 0.3) is 0 Å². The van der Waals surface area contributed by atoms with Gasteiger partial charge in [-0.1, -0.05) is 29.8 Å². The highest BCUT2D eigenvalue weighted by molar-refractivity contribution is 7.92. The number of hydrogen-bond acceptors (Lipinski definition) is 4. The number of aryl methyl sites for hydroxylation is 3. The molecule has 3 N–H and O–H groups in total. The van der Waals surface area contributed by atoms with Crippen molar-refractivity contribution in [3.63, 3.8) is 0 Å². The van der Waals surface area contributed by atoms with Crippen LogP contribution in [-0.4, -0.2) is 38.2 Å². The van der Waals surface area contributed by atoms with Gasteiger partial charge in [-0.3, -0.25) is 14.3 Å². The molecule has 0 aliphatic carbocycles. The molecule has 0 saturated carbocycles. The van der Waals surface area contributed by atoms with E-state index in [9.17, 15) is 18.0 Å². The summed E-state index contributed by atoms with van der Waals surface area (Å²) in [5, 5.41) is 0. The van der Waals surface area contributed by atoms with Crippen LogP contribution in [-0.2, 0) is 14.8 Å². The van der Waals surface area contributed by atoms with Crippen molar-refractivity contribution in [3.8, 4) is 0 Å². The first-order valence-electron chi connectivity index (χ1n) is 9.88. The molecule has 2 aromatic carbocycles. The van der Waals surface area contributed by atoms with Gasteiger partial charge >= 0.3 is 0 Å². The number of anilines is 1. The van der Waals surface area contributed by atoms with Gasteiger partial charge in [-0.15, -0.1) is 0 Å². The van der Waals surface area contributed by atoms with Crippen molar-refractivity contribution in [2.45, 2.75) is 38.5 Å². The predicted molar refractivity (Wildman–Crippen MR) is 116 cm³/mol. The van der Waals surface area contributed by atoms with Crippen LogP contribution in [0.3, 0.4) is 0 Å². The van der Waals surface area contributed by atoms with Crippen molar-refractivity contribution < 1.29 is 18.0 Å². The van der Waals surface area contributed by atoms with Crippen LogP contribution >= 0.6 is 0 Å². The van der Waals surface area contributed by atoms with E-state index in [1.165, 1.54) is 0 Å². The zero-order valence-corrected chi connectivity index (χ0v) is 18.3. The number of amides is 2. The number of para-hydroxylation sites is 1. The molecule has 0 spiro atoms. The third-order valence-electron chi connectivity index (χ3n) is 5.46. The summed E-state index contributed by atoms with van der Waals surface area (Å²) in [6.07, 6.45) is 1.02. The van der Waals surface area contributed by atoms with Gasteiger partial charge in [0.1, 0.15) is 0 Å². The molecule has 1 heterocycles. The first-order valence-corrected chi connectivity index (χ1v) is 11.4. The first-order chi connectivity index (χ1) is 14.1. The number of rotatable bonds is 5. The maximum absolute atomic E-state index is 13.1. The van der Waals surface area contributed by atoms with Crippen molar-refractivity contribution in [1.82, 2.24) is 4.90 Å². The fourth-order valence-electron chi connectivity index (χ4n) is 4.08. The normalized spacial score (nSPS) is 15.1. The number of primary amides is 1. The number of nitrogens with zero attached hydrogens (tertiary/aromatic N) is 1. The van der Waals surface area contributed by atoms with Crippen molar-refractivity contribution in [3.05, 3.63) is 58.7 Å². The van der Waals surface area contributed by atoms with Crippen molar-refractivity contribution in [2.24, 2.45) is 11.7 Å². The molecular weight excluding hydrogens is 402 g/mol. The van der Waals surface area contributed by atoms with E-state index in [0.29, 0.717) is 37.1 Å². The van der Waals surface area contributed by atoms with Crippen molar-refractivity contribution >= 4 is 27.5 Å². The van der Waals surface area contributed by atoms with Gasteiger partial charge in [0.05, 0.1) is 16.1 Å². The van der Waals surface area contributed by atoms with E-state index in [-0.39, 0.29) is 33.9 Å². The fourth-order valence-corrected chi connectivity index (χ4v) is 5.62. The third kappa shape index (κ3) is 4.48. The molecule has 7 nitrogen and oxygen atoms in total. The Bertz CT molecular complexity index is 1060. The third-order valence-corrected chi connectivity index (χ3v) is 7.13. The number of sulfonamides is 1. The molecule has 2 aromatic rings. The van der Waals surface area contributed by atoms with Gasteiger partial charge < -0.3 is 10.6 Å². The molecule has 0 aromatic heterocycles. The summed E-state index contributed by atoms with van der Waals surface area (Å²) in [6.45, 7) is 6.25. The summed E-state index contributed by atoms with van der Waals surface area (Å²) >= 11 is 0. The molecule has 160 valence electrons. The molecule has 8 heteroatoms. The average Bonchev–Trinajstić information content (AvgIpc) is 2.66. The average molecular weight is 430 g/mol. The van der Waals surface area contributed by atoms with E-state index in [1.807, 2.05) is 19.1 Å². The number of benzene rings is 2. The Labute approximate surface area is 177 Å². The van der Waals surface area contributed by atoms with E-state index in [1.54, 1.807) is 43.0 Å². The molecule has 1 fully saturated rings. The summed E-state index contributed by atoms with van der Waals surface area (Å²) < 4.78 is 28.9. The van der Waals surface area contributed by atoms with Gasteiger partial charge in [0.15, 0.2) is 0 Å². The molecule has 0 atom stereocenters. The summed E-state index contributed by atoms with van der Waals surface area (Å²) in [5.74, 6) is -0.844. The number of hydrogen-bond donors (Lipinski definition) is 2. The van der Waals surface area contributed by atoms with Crippen LogP contribution < -0.4 is 10.5 Å². The zero-order chi connectivity index (χ0) is 22.1. The molecule has 2 amide bonds. The molecule has 0 bridgehead atoms. The Balaban J connectivity index is 1.87. The van der Waals surface area contributed by atoms with Gasteiger partial charge in [-0.2, -0.15) is 0 Å². The Morgan fingerprint density at radius 3 is 2.17 bits per heavy atom. The molecule has 3 rings (SSSR count). The molecule has 1 aliphatic heterocycles. The molecular formula is C22H27N3O4S. The quantitative estimate of drug-likeness (QED) is 0.761. The highest BCUT2D eigenvalue weighted by Crippen LogP contribution is 2.27. The van der Waals surface area contributed by atoms with E-state index in [2.05, 4.69) is 4.72 Å². The lowest BCUT2D eigenvalue weighted by Gasteiger charge is -2.31. The minimum atomic E-state index is -3.88. The minimum Gasteiger partial charge on any atom is -0.369 e. The van der Waals surface area contributed by atoms with Crippen LogP contribution in [0.2, 0.25) is 0 Å².